The summed E-state index contributed by atoms with van der Waals surface area (Å²) in [6.07, 6.45) is 3.66. The van der Waals surface area contributed by atoms with Crippen molar-refractivity contribution in [2.24, 2.45) is 0 Å². The summed E-state index contributed by atoms with van der Waals surface area (Å²) in [7, 11) is 1.49. The molecule has 2 N–H and O–H groups in total. The molecule has 0 aliphatic heterocycles. The molecule has 0 aromatic heterocycles. The Kier molecular flexibility index (Phi) is 5.03. The lowest BCUT2D eigenvalue weighted by molar-refractivity contribution is -0.118. The molecule has 0 fully saturated rings. The van der Waals surface area contributed by atoms with E-state index < -0.39 is 0 Å². The van der Waals surface area contributed by atoms with Crippen LogP contribution in [0.15, 0.2) is 22.7 Å². The monoisotopic (exact) mass is 299 g/mol. The molecule has 0 heterocycles. The fourth-order valence-corrected chi connectivity index (χ4v) is 1.70. The summed E-state index contributed by atoms with van der Waals surface area (Å²) in [4.78, 5) is 10.6. The Bertz CT molecular complexity index is 444. The van der Waals surface area contributed by atoms with Crippen LogP contribution in [-0.2, 0) is 4.79 Å². The van der Waals surface area contributed by atoms with Crippen LogP contribution in [0.25, 0.3) is 6.08 Å². The molecule has 0 aliphatic carbocycles. The number of phenols is 1. The first-order chi connectivity index (χ1) is 8.04. The van der Waals surface area contributed by atoms with E-state index in [0.717, 1.165) is 5.56 Å². The van der Waals surface area contributed by atoms with Crippen LogP contribution < -0.4 is 10.1 Å². The van der Waals surface area contributed by atoms with E-state index >= 15 is 0 Å². The molecule has 1 amide bonds. The average Bonchev–Trinajstić information content (AvgIpc) is 2.28. The van der Waals surface area contributed by atoms with Crippen LogP contribution in [0.2, 0.25) is 0 Å². The number of ether oxygens (including phenoxy) is 1. The number of hydrogen-bond donors (Lipinski definition) is 2. The van der Waals surface area contributed by atoms with E-state index in [2.05, 4.69) is 21.2 Å². The van der Waals surface area contributed by atoms with Crippen LogP contribution in [0.5, 0.6) is 11.5 Å². The van der Waals surface area contributed by atoms with E-state index in [1.165, 1.54) is 14.0 Å². The summed E-state index contributed by atoms with van der Waals surface area (Å²) in [6, 6.07) is 3.48. The number of carbonyl (C=O) groups is 1. The van der Waals surface area contributed by atoms with Gasteiger partial charge in [0, 0.05) is 13.5 Å². The van der Waals surface area contributed by atoms with Gasteiger partial charge in [-0.15, -0.1) is 0 Å². The molecule has 0 saturated carbocycles. The zero-order valence-corrected chi connectivity index (χ0v) is 11.2. The molecular formula is C12H14BrNO3. The number of benzene rings is 1. The van der Waals surface area contributed by atoms with Gasteiger partial charge in [0.2, 0.25) is 5.91 Å². The lowest BCUT2D eigenvalue weighted by Gasteiger charge is -2.06. The minimum Gasteiger partial charge on any atom is -0.503 e. The van der Waals surface area contributed by atoms with Crippen LogP contribution in [-0.4, -0.2) is 24.7 Å². The van der Waals surface area contributed by atoms with Crippen LogP contribution in [0.1, 0.15) is 12.5 Å². The van der Waals surface area contributed by atoms with Crippen molar-refractivity contribution in [2.45, 2.75) is 6.92 Å². The van der Waals surface area contributed by atoms with Crippen molar-refractivity contribution in [3.63, 3.8) is 0 Å². The first kappa shape index (κ1) is 13.6. The predicted molar refractivity (Wildman–Crippen MR) is 70.1 cm³/mol. The lowest BCUT2D eigenvalue weighted by atomic mass is 10.2. The fraction of sp³-hybridized carbons (Fsp3) is 0.250. The topological polar surface area (TPSA) is 58.6 Å². The van der Waals surface area contributed by atoms with Gasteiger partial charge >= 0.3 is 0 Å². The van der Waals surface area contributed by atoms with Gasteiger partial charge in [-0.2, -0.15) is 0 Å². The van der Waals surface area contributed by atoms with E-state index in [9.17, 15) is 9.90 Å². The molecule has 0 spiro atoms. The highest BCUT2D eigenvalue weighted by Crippen LogP contribution is 2.35. The van der Waals surface area contributed by atoms with Crippen molar-refractivity contribution in [1.82, 2.24) is 5.32 Å². The Morgan fingerprint density at radius 3 is 2.88 bits per heavy atom. The first-order valence-corrected chi connectivity index (χ1v) is 5.81. The van der Waals surface area contributed by atoms with Gasteiger partial charge in [-0.3, -0.25) is 4.79 Å². The van der Waals surface area contributed by atoms with Gasteiger partial charge in [0.25, 0.3) is 0 Å². The standard InChI is InChI=1S/C12H14BrNO3/c1-8(15)14-5-3-4-9-6-10(13)12(16)11(7-9)17-2/h3-4,6-7,16H,5H2,1-2H3,(H,14,15). The number of hydrogen-bond acceptors (Lipinski definition) is 3. The summed E-state index contributed by atoms with van der Waals surface area (Å²) < 4.78 is 5.59. The molecular weight excluding hydrogens is 286 g/mol. The third-order valence-electron chi connectivity index (χ3n) is 2.05. The fourth-order valence-electron chi connectivity index (χ4n) is 1.24. The number of methoxy groups -OCH3 is 1. The lowest BCUT2D eigenvalue weighted by Crippen LogP contribution is -2.19. The molecule has 1 rings (SSSR count). The second-order valence-electron chi connectivity index (χ2n) is 3.39. The Labute approximate surface area is 108 Å². The Morgan fingerprint density at radius 2 is 2.29 bits per heavy atom. The van der Waals surface area contributed by atoms with Gasteiger partial charge in [-0.05, 0) is 33.6 Å². The molecule has 0 atom stereocenters. The summed E-state index contributed by atoms with van der Waals surface area (Å²) >= 11 is 3.24. The summed E-state index contributed by atoms with van der Waals surface area (Å²) in [5, 5.41) is 12.3. The number of aromatic hydroxyl groups is 1. The molecule has 4 nitrogen and oxygen atoms in total. The van der Waals surface area contributed by atoms with Gasteiger partial charge in [0.1, 0.15) is 0 Å². The van der Waals surface area contributed by atoms with Crippen molar-refractivity contribution in [1.29, 1.82) is 0 Å². The molecule has 0 aliphatic rings. The predicted octanol–water partition coefficient (Wildman–Crippen LogP) is 2.31. The summed E-state index contributed by atoms with van der Waals surface area (Å²) in [5.41, 5.74) is 0.872. The smallest absolute Gasteiger partial charge is 0.217 e. The van der Waals surface area contributed by atoms with Crippen molar-refractivity contribution in [3.05, 3.63) is 28.2 Å². The van der Waals surface area contributed by atoms with E-state index in [-0.39, 0.29) is 11.7 Å². The number of nitrogens with one attached hydrogen (secondary N) is 1. The van der Waals surface area contributed by atoms with Crippen LogP contribution in [0, 0.1) is 0 Å². The highest BCUT2D eigenvalue weighted by Gasteiger charge is 2.06. The van der Waals surface area contributed by atoms with Gasteiger partial charge < -0.3 is 15.2 Å². The minimum atomic E-state index is -0.0703. The maximum absolute atomic E-state index is 10.6. The number of carbonyl (C=O) groups excluding carboxylic acids is 1. The highest BCUT2D eigenvalue weighted by molar-refractivity contribution is 9.10. The molecule has 1 aromatic rings. The quantitative estimate of drug-likeness (QED) is 0.897. The second kappa shape index (κ2) is 6.30. The molecule has 17 heavy (non-hydrogen) atoms. The second-order valence-corrected chi connectivity index (χ2v) is 4.25. The number of amides is 1. The van der Waals surface area contributed by atoms with E-state index in [4.69, 9.17) is 4.74 Å². The molecule has 0 saturated heterocycles. The Morgan fingerprint density at radius 1 is 1.59 bits per heavy atom. The van der Waals surface area contributed by atoms with E-state index in [0.29, 0.717) is 16.8 Å². The van der Waals surface area contributed by atoms with Crippen molar-refractivity contribution in [2.75, 3.05) is 13.7 Å². The Hall–Kier alpha value is -1.49. The Balaban J connectivity index is 2.78. The van der Waals surface area contributed by atoms with Crippen LogP contribution in [0.4, 0.5) is 0 Å². The molecule has 0 unspecified atom stereocenters. The third kappa shape index (κ3) is 4.11. The zero-order valence-electron chi connectivity index (χ0n) is 9.66. The maximum Gasteiger partial charge on any atom is 0.217 e. The highest BCUT2D eigenvalue weighted by atomic mass is 79.9. The summed E-state index contributed by atoms with van der Waals surface area (Å²) in [5.74, 6) is 0.407. The molecule has 0 radical (unpaired) electrons. The first-order valence-electron chi connectivity index (χ1n) is 5.02. The largest absolute Gasteiger partial charge is 0.503 e. The molecule has 1 aromatic carbocycles. The van der Waals surface area contributed by atoms with Gasteiger partial charge in [0.15, 0.2) is 11.5 Å². The molecule has 0 bridgehead atoms. The minimum absolute atomic E-state index is 0.0703. The van der Waals surface area contributed by atoms with Crippen LogP contribution in [0.3, 0.4) is 0 Å². The third-order valence-corrected chi connectivity index (χ3v) is 2.65. The SMILES string of the molecule is COc1cc(C=CCNC(C)=O)cc(Br)c1O. The van der Waals surface area contributed by atoms with Gasteiger partial charge in [-0.25, -0.2) is 0 Å². The van der Waals surface area contributed by atoms with Gasteiger partial charge in [-0.1, -0.05) is 12.2 Å². The maximum atomic E-state index is 10.6. The average molecular weight is 300 g/mol. The van der Waals surface area contributed by atoms with Crippen molar-refractivity contribution < 1.29 is 14.6 Å². The normalized spacial score (nSPS) is 10.5. The summed E-state index contributed by atoms with van der Waals surface area (Å²) in [6.45, 7) is 1.93. The van der Waals surface area contributed by atoms with E-state index in [1.807, 2.05) is 12.2 Å². The molecule has 5 heteroatoms. The van der Waals surface area contributed by atoms with E-state index in [1.54, 1.807) is 12.1 Å². The van der Waals surface area contributed by atoms with Gasteiger partial charge in [0.05, 0.1) is 11.6 Å². The molecule has 92 valence electrons. The zero-order chi connectivity index (χ0) is 12.8. The van der Waals surface area contributed by atoms with Crippen molar-refractivity contribution >= 4 is 27.9 Å². The number of halogens is 1. The number of phenolic OH excluding ortho intramolecular Hbond substituents is 1. The number of rotatable bonds is 4. The van der Waals surface area contributed by atoms with Crippen molar-refractivity contribution in [3.8, 4) is 11.5 Å². The van der Waals surface area contributed by atoms with Crippen LogP contribution >= 0.6 is 15.9 Å².